The molecule has 1 aromatic carbocycles. The predicted molar refractivity (Wildman–Crippen MR) is 76.3 cm³/mol. The number of nitrogens with zero attached hydrogens (tertiary/aromatic N) is 2. The molecule has 0 spiro atoms. The molecule has 1 heterocycles. The van der Waals surface area contributed by atoms with Gasteiger partial charge in [0.05, 0.1) is 17.7 Å². The molecule has 0 radical (unpaired) electrons. The Kier molecular flexibility index (Phi) is 3.49. The van der Waals surface area contributed by atoms with E-state index in [1.807, 2.05) is 13.0 Å². The summed E-state index contributed by atoms with van der Waals surface area (Å²) in [6.07, 6.45) is -0.680. The molecule has 3 rings (SSSR count). The molecule has 1 atom stereocenters. The molecule has 1 aliphatic rings. The lowest BCUT2D eigenvalue weighted by Gasteiger charge is -2.30. The minimum absolute atomic E-state index is 0.0694. The molecule has 1 saturated carbocycles. The number of anilines is 1. The van der Waals surface area contributed by atoms with Crippen LogP contribution < -0.4 is 5.32 Å². The highest BCUT2D eigenvalue weighted by molar-refractivity contribution is 5.89. The normalized spacial score (nSPS) is 18.0. The Labute approximate surface area is 121 Å². The quantitative estimate of drug-likeness (QED) is 0.889. The van der Waals surface area contributed by atoms with Crippen LogP contribution in [0.3, 0.4) is 0 Å². The molecule has 0 aliphatic heterocycles. The number of fused-ring (bicyclic) bond motifs is 1. The monoisotopic (exact) mass is 293 g/mol. The van der Waals surface area contributed by atoms with Crippen LogP contribution in [0.4, 0.5) is 14.6 Å². The first-order valence-electron chi connectivity index (χ1n) is 6.97. The minimum Gasteiger partial charge on any atom is -0.394 e. The molecule has 1 fully saturated rings. The Morgan fingerprint density at radius 1 is 1.33 bits per heavy atom. The van der Waals surface area contributed by atoms with Crippen LogP contribution in [0.1, 0.15) is 32.0 Å². The van der Waals surface area contributed by atoms with Crippen molar-refractivity contribution in [3.63, 3.8) is 0 Å². The number of aliphatic hydroxyl groups is 1. The standard InChI is InChI=1S/C15H17F2N3O/c1-15(8-21,9-6-7-9)20-13-10-4-2-3-5-11(10)18-14(19-13)12(16)17/h2-5,9,12,21H,6-8H2,1H3,(H,18,19,20). The number of alkyl halides is 2. The second-order valence-electron chi connectivity index (χ2n) is 5.72. The van der Waals surface area contributed by atoms with E-state index >= 15 is 0 Å². The number of nitrogens with one attached hydrogen (secondary N) is 1. The highest BCUT2D eigenvalue weighted by Gasteiger charge is 2.41. The summed E-state index contributed by atoms with van der Waals surface area (Å²) >= 11 is 0. The van der Waals surface area contributed by atoms with Crippen LogP contribution in [0, 0.1) is 5.92 Å². The van der Waals surface area contributed by atoms with Gasteiger partial charge in [0.2, 0.25) is 0 Å². The number of aromatic nitrogens is 2. The van der Waals surface area contributed by atoms with Gasteiger partial charge < -0.3 is 10.4 Å². The van der Waals surface area contributed by atoms with Gasteiger partial charge in [-0.25, -0.2) is 18.7 Å². The molecule has 21 heavy (non-hydrogen) atoms. The van der Waals surface area contributed by atoms with E-state index in [4.69, 9.17) is 0 Å². The van der Waals surface area contributed by atoms with Crippen molar-refractivity contribution in [2.45, 2.75) is 31.7 Å². The molecule has 2 aromatic rings. The molecule has 2 N–H and O–H groups in total. The van der Waals surface area contributed by atoms with Gasteiger partial charge in [-0.2, -0.15) is 0 Å². The fraction of sp³-hybridized carbons (Fsp3) is 0.467. The van der Waals surface area contributed by atoms with Gasteiger partial charge in [0, 0.05) is 5.39 Å². The zero-order valence-electron chi connectivity index (χ0n) is 11.7. The van der Waals surface area contributed by atoms with E-state index in [0.29, 0.717) is 22.6 Å². The molecule has 1 aromatic heterocycles. The fourth-order valence-corrected chi connectivity index (χ4v) is 2.55. The molecule has 1 unspecified atom stereocenters. The summed E-state index contributed by atoms with van der Waals surface area (Å²) in [5.41, 5.74) is -0.0716. The lowest BCUT2D eigenvalue weighted by molar-refractivity contribution is 0.141. The second-order valence-corrected chi connectivity index (χ2v) is 5.72. The first-order chi connectivity index (χ1) is 10.0. The average Bonchev–Trinajstić information content (AvgIpc) is 3.32. The minimum atomic E-state index is -2.73. The molecular weight excluding hydrogens is 276 g/mol. The van der Waals surface area contributed by atoms with Crippen LogP contribution in [0.15, 0.2) is 24.3 Å². The van der Waals surface area contributed by atoms with Crippen LogP contribution in [0.2, 0.25) is 0 Å². The van der Waals surface area contributed by atoms with Crippen molar-refractivity contribution >= 4 is 16.7 Å². The molecule has 0 amide bonds. The Hall–Kier alpha value is -1.82. The van der Waals surface area contributed by atoms with Crippen molar-refractivity contribution in [2.24, 2.45) is 5.92 Å². The molecule has 0 bridgehead atoms. The third-order valence-electron chi connectivity index (χ3n) is 4.03. The van der Waals surface area contributed by atoms with Gasteiger partial charge in [-0.05, 0) is 37.8 Å². The van der Waals surface area contributed by atoms with E-state index < -0.39 is 17.8 Å². The maximum absolute atomic E-state index is 13.0. The van der Waals surface area contributed by atoms with E-state index in [1.165, 1.54) is 0 Å². The van der Waals surface area contributed by atoms with E-state index in [1.54, 1.807) is 18.2 Å². The summed E-state index contributed by atoms with van der Waals surface area (Å²) in [5, 5.41) is 13.5. The van der Waals surface area contributed by atoms with Gasteiger partial charge in [0.25, 0.3) is 6.43 Å². The molecule has 1 aliphatic carbocycles. The van der Waals surface area contributed by atoms with Crippen molar-refractivity contribution in [1.29, 1.82) is 0 Å². The zero-order valence-corrected chi connectivity index (χ0v) is 11.7. The summed E-state index contributed by atoms with van der Waals surface area (Å²) < 4.78 is 25.9. The first-order valence-corrected chi connectivity index (χ1v) is 6.97. The highest BCUT2D eigenvalue weighted by atomic mass is 19.3. The number of hydrogen-bond donors (Lipinski definition) is 2. The Morgan fingerprint density at radius 3 is 2.67 bits per heavy atom. The van der Waals surface area contributed by atoms with Gasteiger partial charge in [0.1, 0.15) is 5.82 Å². The van der Waals surface area contributed by atoms with Gasteiger partial charge in [-0.15, -0.1) is 0 Å². The topological polar surface area (TPSA) is 58.0 Å². The van der Waals surface area contributed by atoms with Crippen LogP contribution in [0.25, 0.3) is 10.9 Å². The molecule has 112 valence electrons. The van der Waals surface area contributed by atoms with Crippen LogP contribution in [-0.2, 0) is 0 Å². The Balaban J connectivity index is 2.07. The third-order valence-corrected chi connectivity index (χ3v) is 4.03. The van der Waals surface area contributed by atoms with Crippen LogP contribution >= 0.6 is 0 Å². The van der Waals surface area contributed by atoms with Gasteiger partial charge in [-0.1, -0.05) is 12.1 Å². The van der Waals surface area contributed by atoms with E-state index in [-0.39, 0.29) is 6.61 Å². The summed E-state index contributed by atoms with van der Waals surface area (Å²) in [6.45, 7) is 1.82. The van der Waals surface area contributed by atoms with Crippen molar-refractivity contribution < 1.29 is 13.9 Å². The molecule has 6 heteroatoms. The highest BCUT2D eigenvalue weighted by Crippen LogP contribution is 2.41. The van der Waals surface area contributed by atoms with E-state index in [2.05, 4.69) is 15.3 Å². The number of hydrogen-bond acceptors (Lipinski definition) is 4. The first kappa shape index (κ1) is 14.1. The Bertz CT molecular complexity index is 660. The number of benzene rings is 1. The largest absolute Gasteiger partial charge is 0.394 e. The second kappa shape index (κ2) is 5.18. The van der Waals surface area contributed by atoms with Crippen molar-refractivity contribution in [3.8, 4) is 0 Å². The third kappa shape index (κ3) is 2.68. The summed E-state index contributed by atoms with van der Waals surface area (Å²) in [4.78, 5) is 7.85. The van der Waals surface area contributed by atoms with Crippen molar-refractivity contribution in [2.75, 3.05) is 11.9 Å². The maximum Gasteiger partial charge on any atom is 0.297 e. The molecule has 0 saturated heterocycles. The summed E-state index contributed by atoms with van der Waals surface area (Å²) in [5.74, 6) is 0.206. The average molecular weight is 293 g/mol. The number of halogens is 2. The van der Waals surface area contributed by atoms with Crippen molar-refractivity contribution in [1.82, 2.24) is 9.97 Å². The number of aliphatic hydroxyl groups excluding tert-OH is 1. The maximum atomic E-state index is 13.0. The number of para-hydroxylation sites is 1. The van der Waals surface area contributed by atoms with Crippen LogP contribution in [-0.4, -0.2) is 27.2 Å². The zero-order chi connectivity index (χ0) is 15.0. The smallest absolute Gasteiger partial charge is 0.297 e. The summed E-state index contributed by atoms with van der Waals surface area (Å²) in [6, 6.07) is 7.03. The fourth-order valence-electron chi connectivity index (χ4n) is 2.55. The molecular formula is C15H17F2N3O. The number of rotatable bonds is 5. The Morgan fingerprint density at radius 2 is 2.05 bits per heavy atom. The molecule has 4 nitrogen and oxygen atoms in total. The lowest BCUT2D eigenvalue weighted by atomic mass is 9.97. The predicted octanol–water partition coefficient (Wildman–Crippen LogP) is 3.14. The van der Waals surface area contributed by atoms with Gasteiger partial charge >= 0.3 is 0 Å². The van der Waals surface area contributed by atoms with Crippen molar-refractivity contribution in [3.05, 3.63) is 30.1 Å². The van der Waals surface area contributed by atoms with E-state index in [0.717, 1.165) is 12.8 Å². The van der Waals surface area contributed by atoms with Gasteiger partial charge in [0.15, 0.2) is 5.82 Å². The summed E-state index contributed by atoms with van der Waals surface area (Å²) in [7, 11) is 0. The van der Waals surface area contributed by atoms with Crippen LogP contribution in [0.5, 0.6) is 0 Å². The van der Waals surface area contributed by atoms with Gasteiger partial charge in [-0.3, -0.25) is 0 Å². The lowest BCUT2D eigenvalue weighted by Crippen LogP contribution is -2.41. The SMILES string of the molecule is CC(CO)(Nc1nc(C(F)F)nc2ccccc12)C1CC1. The van der Waals surface area contributed by atoms with E-state index in [9.17, 15) is 13.9 Å².